The molecule has 0 unspecified atom stereocenters. The van der Waals surface area contributed by atoms with Crippen molar-refractivity contribution in [1.82, 2.24) is 14.5 Å². The van der Waals surface area contributed by atoms with Gasteiger partial charge in [-0.15, -0.1) is 11.3 Å². The Balaban J connectivity index is 1.36. The van der Waals surface area contributed by atoms with Crippen LogP contribution in [0.4, 0.5) is 24.0 Å². The molecule has 1 aliphatic heterocycles. The third kappa shape index (κ3) is 4.12. The molecule has 168 valence electrons. The Hall–Kier alpha value is -3.93. The van der Waals surface area contributed by atoms with Gasteiger partial charge in [-0.3, -0.25) is 9.59 Å². The van der Waals surface area contributed by atoms with Crippen molar-refractivity contribution in [1.29, 1.82) is 0 Å². The number of ether oxygens (including phenoxy) is 1. The van der Waals surface area contributed by atoms with Gasteiger partial charge < -0.3 is 19.9 Å². The SMILES string of the molecule is O=C(Cn1c(C(F)(F)F)nc2ccccc21)Nc1nc(-c2ccc3c(c2)NC(=O)CO3)cs1. The van der Waals surface area contributed by atoms with Crippen LogP contribution in [-0.4, -0.2) is 33.0 Å². The van der Waals surface area contributed by atoms with Crippen LogP contribution in [0.5, 0.6) is 5.75 Å². The fraction of sp³-hybridized carbons (Fsp3) is 0.143. The number of hydrogen-bond donors (Lipinski definition) is 2. The summed E-state index contributed by atoms with van der Waals surface area (Å²) in [4.78, 5) is 32.0. The zero-order chi connectivity index (χ0) is 23.2. The average Bonchev–Trinajstić information content (AvgIpc) is 3.38. The van der Waals surface area contributed by atoms with Crippen LogP contribution in [0.1, 0.15) is 5.82 Å². The standard InChI is InChI=1S/C21H14F3N5O3S/c22-21(23,24)19-26-12-3-1-2-4-15(12)29(19)8-17(30)28-20-27-14(10-33-20)11-5-6-16-13(7-11)25-18(31)9-32-16/h1-7,10H,8-9H2,(H,25,31)(H,27,28,30). The molecule has 33 heavy (non-hydrogen) atoms. The molecule has 5 rings (SSSR count). The second-order valence-corrected chi connectivity index (χ2v) is 8.00. The van der Waals surface area contributed by atoms with Crippen LogP contribution < -0.4 is 15.4 Å². The third-order valence-corrected chi connectivity index (χ3v) is 5.63. The number of fused-ring (bicyclic) bond motifs is 2. The Morgan fingerprint density at radius 2 is 2.03 bits per heavy atom. The van der Waals surface area contributed by atoms with Crippen molar-refractivity contribution in [2.24, 2.45) is 0 Å². The van der Waals surface area contributed by atoms with Gasteiger partial charge in [0.1, 0.15) is 12.3 Å². The van der Waals surface area contributed by atoms with Crippen molar-refractivity contribution in [3.05, 3.63) is 53.7 Å². The lowest BCUT2D eigenvalue weighted by Crippen LogP contribution is -2.25. The summed E-state index contributed by atoms with van der Waals surface area (Å²) in [5, 5.41) is 7.17. The molecule has 0 aliphatic carbocycles. The summed E-state index contributed by atoms with van der Waals surface area (Å²) in [6.45, 7) is -0.631. The smallest absolute Gasteiger partial charge is 0.449 e. The first-order valence-electron chi connectivity index (χ1n) is 9.63. The number of carbonyl (C=O) groups excluding carboxylic acids is 2. The van der Waals surface area contributed by atoms with Crippen LogP contribution >= 0.6 is 11.3 Å². The second kappa shape index (κ2) is 7.89. The van der Waals surface area contributed by atoms with E-state index in [1.54, 1.807) is 35.7 Å². The molecule has 0 atom stereocenters. The Morgan fingerprint density at radius 1 is 1.21 bits per heavy atom. The predicted octanol–water partition coefficient (Wildman–Crippen LogP) is 4.15. The first kappa shape index (κ1) is 20.9. The van der Waals surface area contributed by atoms with E-state index >= 15 is 0 Å². The Morgan fingerprint density at radius 3 is 2.85 bits per heavy atom. The van der Waals surface area contributed by atoms with E-state index in [-0.39, 0.29) is 28.7 Å². The minimum Gasteiger partial charge on any atom is -0.482 e. The van der Waals surface area contributed by atoms with Crippen LogP contribution in [-0.2, 0) is 22.3 Å². The topological polar surface area (TPSA) is 98.1 Å². The maximum atomic E-state index is 13.4. The van der Waals surface area contributed by atoms with Crippen LogP contribution in [0.15, 0.2) is 47.8 Å². The largest absolute Gasteiger partial charge is 0.482 e. The lowest BCUT2D eigenvalue weighted by atomic mass is 10.1. The highest BCUT2D eigenvalue weighted by Gasteiger charge is 2.38. The summed E-state index contributed by atoms with van der Waals surface area (Å²) < 4.78 is 46.5. The minimum atomic E-state index is -4.71. The number of hydrogen-bond acceptors (Lipinski definition) is 6. The Bertz CT molecular complexity index is 1400. The summed E-state index contributed by atoms with van der Waals surface area (Å²) in [5.74, 6) is -1.54. The molecule has 0 radical (unpaired) electrons. The van der Waals surface area contributed by atoms with Crippen molar-refractivity contribution in [3.8, 4) is 17.0 Å². The lowest BCUT2D eigenvalue weighted by Gasteiger charge is -2.18. The summed E-state index contributed by atoms with van der Waals surface area (Å²) in [6.07, 6.45) is -4.71. The number of amides is 2. The number of para-hydroxylation sites is 2. The van der Waals surface area contributed by atoms with Crippen LogP contribution in [0.25, 0.3) is 22.3 Å². The number of alkyl halides is 3. The van der Waals surface area contributed by atoms with Crippen molar-refractivity contribution in [3.63, 3.8) is 0 Å². The second-order valence-electron chi connectivity index (χ2n) is 7.14. The maximum Gasteiger partial charge on any atom is 0.449 e. The summed E-state index contributed by atoms with van der Waals surface area (Å²) >= 11 is 1.13. The molecule has 0 saturated carbocycles. The first-order chi connectivity index (χ1) is 15.8. The molecule has 1 aliphatic rings. The molecule has 2 N–H and O–H groups in total. The van der Waals surface area contributed by atoms with Crippen LogP contribution in [0.3, 0.4) is 0 Å². The monoisotopic (exact) mass is 473 g/mol. The number of carbonyl (C=O) groups is 2. The summed E-state index contributed by atoms with van der Waals surface area (Å²) in [5.41, 5.74) is 2.07. The molecule has 0 bridgehead atoms. The fourth-order valence-electron chi connectivity index (χ4n) is 3.46. The Kier molecular flexibility index (Phi) is 5.01. The number of rotatable bonds is 4. The van der Waals surface area contributed by atoms with Crippen molar-refractivity contribution in [2.45, 2.75) is 12.7 Å². The zero-order valence-electron chi connectivity index (χ0n) is 16.6. The maximum absolute atomic E-state index is 13.4. The van der Waals surface area contributed by atoms with Gasteiger partial charge in [0.25, 0.3) is 5.91 Å². The first-order valence-corrected chi connectivity index (χ1v) is 10.5. The molecular formula is C21H14F3N5O3S. The molecule has 4 aromatic rings. The van der Waals surface area contributed by atoms with Crippen molar-refractivity contribution in [2.75, 3.05) is 17.2 Å². The van der Waals surface area contributed by atoms with E-state index in [9.17, 15) is 22.8 Å². The molecule has 2 amide bonds. The lowest BCUT2D eigenvalue weighted by molar-refractivity contribution is -0.147. The quantitative estimate of drug-likeness (QED) is 0.464. The molecule has 8 nitrogen and oxygen atoms in total. The third-order valence-electron chi connectivity index (χ3n) is 4.87. The molecule has 0 fully saturated rings. The van der Waals surface area contributed by atoms with Gasteiger partial charge in [0, 0.05) is 10.9 Å². The molecule has 3 heterocycles. The van der Waals surface area contributed by atoms with E-state index < -0.39 is 24.5 Å². The van der Waals surface area contributed by atoms with Gasteiger partial charge in [-0.25, -0.2) is 9.97 Å². The number of anilines is 2. The van der Waals surface area contributed by atoms with Crippen LogP contribution in [0.2, 0.25) is 0 Å². The van der Waals surface area contributed by atoms with Crippen LogP contribution in [0, 0.1) is 0 Å². The highest BCUT2D eigenvalue weighted by Crippen LogP contribution is 2.34. The Labute approximate surface area is 188 Å². The number of aromatic nitrogens is 3. The number of benzene rings is 2. The number of nitrogens with zero attached hydrogens (tertiary/aromatic N) is 3. The van der Waals surface area contributed by atoms with E-state index in [0.29, 0.717) is 22.7 Å². The number of imidazole rings is 1. The molecule has 0 spiro atoms. The zero-order valence-corrected chi connectivity index (χ0v) is 17.5. The van der Waals surface area contributed by atoms with E-state index in [1.807, 2.05) is 0 Å². The van der Waals surface area contributed by atoms with E-state index in [0.717, 1.165) is 15.9 Å². The van der Waals surface area contributed by atoms with Gasteiger partial charge in [0.15, 0.2) is 11.7 Å². The highest BCUT2D eigenvalue weighted by atomic mass is 32.1. The van der Waals surface area contributed by atoms with Crippen molar-refractivity contribution >= 4 is 45.0 Å². The average molecular weight is 473 g/mol. The molecular weight excluding hydrogens is 459 g/mol. The normalized spacial score (nSPS) is 13.4. The summed E-state index contributed by atoms with van der Waals surface area (Å²) in [6, 6.07) is 11.2. The number of nitrogens with one attached hydrogen (secondary N) is 2. The van der Waals surface area contributed by atoms with Gasteiger partial charge in [0.2, 0.25) is 11.7 Å². The number of halogens is 3. The molecule has 0 saturated heterocycles. The summed E-state index contributed by atoms with van der Waals surface area (Å²) in [7, 11) is 0. The van der Waals surface area contributed by atoms with E-state index in [1.165, 1.54) is 12.1 Å². The predicted molar refractivity (Wildman–Crippen MR) is 115 cm³/mol. The van der Waals surface area contributed by atoms with Gasteiger partial charge in [-0.1, -0.05) is 12.1 Å². The van der Waals surface area contributed by atoms with E-state index in [4.69, 9.17) is 4.74 Å². The molecule has 2 aromatic heterocycles. The minimum absolute atomic E-state index is 0.0541. The van der Waals surface area contributed by atoms with Gasteiger partial charge >= 0.3 is 6.18 Å². The molecule has 12 heteroatoms. The van der Waals surface area contributed by atoms with Gasteiger partial charge in [-0.2, -0.15) is 13.2 Å². The number of thiazole rings is 1. The fourth-order valence-corrected chi connectivity index (χ4v) is 4.20. The van der Waals surface area contributed by atoms with Gasteiger partial charge in [-0.05, 0) is 30.3 Å². The highest BCUT2D eigenvalue weighted by molar-refractivity contribution is 7.14. The molecule has 2 aromatic carbocycles. The van der Waals surface area contributed by atoms with Gasteiger partial charge in [0.05, 0.1) is 22.4 Å². The van der Waals surface area contributed by atoms with E-state index in [2.05, 4.69) is 20.6 Å². The van der Waals surface area contributed by atoms with Crippen molar-refractivity contribution < 1.29 is 27.5 Å².